The van der Waals surface area contributed by atoms with Crippen LogP contribution in [-0.4, -0.2) is 30.9 Å². The lowest BCUT2D eigenvalue weighted by molar-refractivity contribution is -0.119. The summed E-state index contributed by atoms with van der Waals surface area (Å²) in [7, 11) is 3.69. The smallest absolute Gasteiger partial charge is 0.241 e. The molecular weight excluding hydrogens is 202 g/mol. The molecule has 0 spiro atoms. The molecule has 0 fully saturated rings. The molecule has 0 aromatic heterocycles. The van der Waals surface area contributed by atoms with E-state index in [1.165, 1.54) is 0 Å². The molecule has 1 atom stereocenters. The molecule has 0 unspecified atom stereocenters. The molecule has 84 valence electrons. The highest BCUT2D eigenvalue weighted by atomic mass is 16.2. The van der Waals surface area contributed by atoms with Gasteiger partial charge < -0.3 is 5.32 Å². The molecule has 0 aliphatic rings. The summed E-state index contributed by atoms with van der Waals surface area (Å²) in [4.78, 5) is 13.5. The topological polar surface area (TPSA) is 56.1 Å². The minimum atomic E-state index is -0.203. The second kappa shape index (κ2) is 5.29. The van der Waals surface area contributed by atoms with E-state index in [0.29, 0.717) is 11.3 Å². The zero-order valence-electron chi connectivity index (χ0n) is 9.69. The van der Waals surface area contributed by atoms with E-state index in [1.807, 2.05) is 32.0 Å². The van der Waals surface area contributed by atoms with Gasteiger partial charge in [0.15, 0.2) is 0 Å². The summed E-state index contributed by atoms with van der Waals surface area (Å²) in [5.41, 5.74) is 1.19. The lowest BCUT2D eigenvalue weighted by Crippen LogP contribution is -2.37. The quantitative estimate of drug-likeness (QED) is 0.833. The average molecular weight is 217 g/mol. The number of nitrogens with zero attached hydrogens (tertiary/aromatic N) is 2. The fourth-order valence-corrected chi connectivity index (χ4v) is 1.15. The highest BCUT2D eigenvalue weighted by molar-refractivity contribution is 5.94. The largest absolute Gasteiger partial charge is 0.325 e. The Hall–Kier alpha value is -1.86. The van der Waals surface area contributed by atoms with Gasteiger partial charge in [0.25, 0.3) is 0 Å². The van der Waals surface area contributed by atoms with Gasteiger partial charge in [-0.2, -0.15) is 5.26 Å². The van der Waals surface area contributed by atoms with E-state index in [-0.39, 0.29) is 11.9 Å². The lowest BCUT2D eigenvalue weighted by atomic mass is 10.2. The lowest BCUT2D eigenvalue weighted by Gasteiger charge is -2.18. The van der Waals surface area contributed by atoms with Gasteiger partial charge in [0.1, 0.15) is 0 Å². The summed E-state index contributed by atoms with van der Waals surface area (Å²) in [6.45, 7) is 1.82. The molecule has 4 heteroatoms. The first-order valence-electron chi connectivity index (χ1n) is 5.02. The Kier molecular flexibility index (Phi) is 4.03. The summed E-state index contributed by atoms with van der Waals surface area (Å²) >= 11 is 0. The van der Waals surface area contributed by atoms with E-state index in [4.69, 9.17) is 5.26 Å². The van der Waals surface area contributed by atoms with Crippen LogP contribution >= 0.6 is 0 Å². The summed E-state index contributed by atoms with van der Waals surface area (Å²) in [6, 6.07) is 8.69. The van der Waals surface area contributed by atoms with Gasteiger partial charge >= 0.3 is 0 Å². The van der Waals surface area contributed by atoms with Gasteiger partial charge in [0.05, 0.1) is 17.7 Å². The van der Waals surface area contributed by atoms with Crippen LogP contribution in [0.25, 0.3) is 0 Å². The van der Waals surface area contributed by atoms with Gasteiger partial charge in [-0.1, -0.05) is 6.07 Å². The van der Waals surface area contributed by atoms with E-state index >= 15 is 0 Å². The number of carbonyl (C=O) groups excluding carboxylic acids is 1. The number of rotatable bonds is 3. The Morgan fingerprint density at radius 2 is 2.19 bits per heavy atom. The summed E-state index contributed by atoms with van der Waals surface area (Å²) in [5, 5.41) is 11.5. The Labute approximate surface area is 95.5 Å². The molecule has 0 saturated carbocycles. The van der Waals surface area contributed by atoms with Crippen molar-refractivity contribution in [3.8, 4) is 6.07 Å². The first kappa shape index (κ1) is 12.2. The third-order valence-electron chi connectivity index (χ3n) is 2.41. The van der Waals surface area contributed by atoms with Gasteiger partial charge in [-0.3, -0.25) is 9.69 Å². The van der Waals surface area contributed by atoms with E-state index < -0.39 is 0 Å². The second-order valence-electron chi connectivity index (χ2n) is 3.82. The van der Waals surface area contributed by atoms with Crippen LogP contribution < -0.4 is 5.32 Å². The number of nitrogens with one attached hydrogen (secondary N) is 1. The Bertz CT molecular complexity index is 421. The molecule has 0 radical (unpaired) electrons. The molecule has 0 aliphatic heterocycles. The van der Waals surface area contributed by atoms with E-state index in [9.17, 15) is 4.79 Å². The van der Waals surface area contributed by atoms with Crippen LogP contribution in [-0.2, 0) is 4.79 Å². The van der Waals surface area contributed by atoms with Crippen molar-refractivity contribution in [1.29, 1.82) is 5.26 Å². The molecule has 1 rings (SSSR count). The molecule has 0 bridgehead atoms. The van der Waals surface area contributed by atoms with E-state index in [2.05, 4.69) is 5.32 Å². The Morgan fingerprint density at radius 1 is 1.50 bits per heavy atom. The molecule has 4 nitrogen and oxygen atoms in total. The number of hydrogen-bond acceptors (Lipinski definition) is 3. The number of benzene rings is 1. The first-order chi connectivity index (χ1) is 7.54. The minimum Gasteiger partial charge on any atom is -0.325 e. The summed E-state index contributed by atoms with van der Waals surface area (Å²) in [6.07, 6.45) is 0. The van der Waals surface area contributed by atoms with Crippen LogP contribution in [0.2, 0.25) is 0 Å². The third-order valence-corrected chi connectivity index (χ3v) is 2.41. The monoisotopic (exact) mass is 217 g/mol. The van der Waals surface area contributed by atoms with Crippen molar-refractivity contribution >= 4 is 11.6 Å². The van der Waals surface area contributed by atoms with Crippen molar-refractivity contribution in [2.45, 2.75) is 13.0 Å². The number of anilines is 1. The predicted octanol–water partition coefficient (Wildman–Crippen LogP) is 1.45. The maximum absolute atomic E-state index is 11.7. The molecule has 1 N–H and O–H groups in total. The normalized spacial score (nSPS) is 11.9. The zero-order valence-corrected chi connectivity index (χ0v) is 9.69. The highest BCUT2D eigenvalue weighted by Gasteiger charge is 2.14. The first-order valence-corrected chi connectivity index (χ1v) is 5.02. The molecule has 1 amide bonds. The summed E-state index contributed by atoms with van der Waals surface area (Å²) < 4.78 is 0. The van der Waals surface area contributed by atoms with Crippen molar-refractivity contribution < 1.29 is 4.79 Å². The number of likely N-dealkylation sites (N-methyl/N-ethyl adjacent to an activating group) is 1. The number of carbonyl (C=O) groups is 1. The second-order valence-corrected chi connectivity index (χ2v) is 3.82. The van der Waals surface area contributed by atoms with Crippen molar-refractivity contribution in [2.24, 2.45) is 0 Å². The van der Waals surface area contributed by atoms with Gasteiger partial charge in [-0.25, -0.2) is 0 Å². The number of amides is 1. The van der Waals surface area contributed by atoms with Crippen molar-refractivity contribution in [3.63, 3.8) is 0 Å². The van der Waals surface area contributed by atoms with Crippen LogP contribution in [0.15, 0.2) is 24.3 Å². The fourth-order valence-electron chi connectivity index (χ4n) is 1.15. The molecule has 16 heavy (non-hydrogen) atoms. The Balaban J connectivity index is 2.74. The van der Waals surface area contributed by atoms with Gasteiger partial charge in [-0.15, -0.1) is 0 Å². The maximum Gasteiger partial charge on any atom is 0.241 e. The number of nitriles is 1. The SMILES string of the molecule is C[C@H](C(=O)Nc1cccc(C#N)c1)N(C)C. The fraction of sp³-hybridized carbons (Fsp3) is 0.333. The van der Waals surface area contributed by atoms with Gasteiger partial charge in [0, 0.05) is 5.69 Å². The molecule has 1 aromatic carbocycles. The van der Waals surface area contributed by atoms with Gasteiger partial charge in [0.2, 0.25) is 5.91 Å². The molecule has 0 saturated heterocycles. The zero-order chi connectivity index (χ0) is 12.1. The highest BCUT2D eigenvalue weighted by Crippen LogP contribution is 2.10. The molecule has 1 aromatic rings. The van der Waals surface area contributed by atoms with Crippen molar-refractivity contribution in [2.75, 3.05) is 19.4 Å². The Morgan fingerprint density at radius 3 is 2.75 bits per heavy atom. The van der Waals surface area contributed by atoms with Crippen LogP contribution in [0.3, 0.4) is 0 Å². The van der Waals surface area contributed by atoms with Crippen LogP contribution in [0.5, 0.6) is 0 Å². The van der Waals surface area contributed by atoms with Crippen LogP contribution in [0, 0.1) is 11.3 Å². The van der Waals surface area contributed by atoms with Crippen molar-refractivity contribution in [1.82, 2.24) is 4.90 Å². The minimum absolute atomic E-state index is 0.0833. The van der Waals surface area contributed by atoms with Crippen molar-refractivity contribution in [3.05, 3.63) is 29.8 Å². The van der Waals surface area contributed by atoms with E-state index in [0.717, 1.165) is 0 Å². The average Bonchev–Trinajstić information content (AvgIpc) is 2.28. The maximum atomic E-state index is 11.7. The predicted molar refractivity (Wildman–Crippen MR) is 62.9 cm³/mol. The van der Waals surface area contributed by atoms with Crippen LogP contribution in [0.1, 0.15) is 12.5 Å². The number of hydrogen-bond donors (Lipinski definition) is 1. The third kappa shape index (κ3) is 3.07. The summed E-state index contributed by atoms with van der Waals surface area (Å²) in [5.74, 6) is -0.0833. The standard InChI is InChI=1S/C12H15N3O/c1-9(15(2)3)12(16)14-11-6-4-5-10(7-11)8-13/h4-7,9H,1-3H3,(H,14,16)/t9-/m1/s1. The van der Waals surface area contributed by atoms with Crippen LogP contribution in [0.4, 0.5) is 5.69 Å². The molecule has 0 heterocycles. The molecular formula is C12H15N3O. The van der Waals surface area contributed by atoms with E-state index in [1.54, 1.807) is 24.3 Å². The van der Waals surface area contributed by atoms with Gasteiger partial charge in [-0.05, 0) is 39.2 Å². The molecule has 0 aliphatic carbocycles.